The number of hydrogen-bond donors (Lipinski definition) is 1. The van der Waals surface area contributed by atoms with Gasteiger partial charge in [-0.25, -0.2) is 0 Å². The van der Waals surface area contributed by atoms with Crippen LogP contribution in [0.1, 0.15) is 43.5 Å². The molecule has 8 heteroatoms. The topological polar surface area (TPSA) is 58.8 Å². The summed E-state index contributed by atoms with van der Waals surface area (Å²) in [4.78, 5) is 18.8. The Bertz CT molecular complexity index is 565. The van der Waals surface area contributed by atoms with Crippen molar-refractivity contribution >= 4 is 42.1 Å². The largest absolute Gasteiger partial charge is 0.379 e. The van der Waals surface area contributed by atoms with Crippen molar-refractivity contribution in [2.24, 2.45) is 11.7 Å². The third-order valence-corrected chi connectivity index (χ3v) is 6.71. The zero-order valence-corrected chi connectivity index (χ0v) is 18.7. The lowest BCUT2D eigenvalue weighted by atomic mass is 9.74. The highest BCUT2D eigenvalue weighted by molar-refractivity contribution is 7.10. The van der Waals surface area contributed by atoms with E-state index in [1.807, 2.05) is 18.9 Å². The molecule has 2 heterocycles. The van der Waals surface area contributed by atoms with E-state index in [1.165, 1.54) is 4.88 Å². The first-order chi connectivity index (χ1) is 12.0. The third-order valence-electron chi connectivity index (χ3n) is 5.73. The van der Waals surface area contributed by atoms with Crippen LogP contribution in [-0.4, -0.2) is 61.1 Å². The maximum atomic E-state index is 13.1. The van der Waals surface area contributed by atoms with Crippen LogP contribution in [0.4, 0.5) is 0 Å². The van der Waals surface area contributed by atoms with E-state index >= 15 is 0 Å². The number of halogens is 2. The smallest absolute Gasteiger partial charge is 0.227 e. The highest BCUT2D eigenvalue weighted by Crippen LogP contribution is 2.34. The summed E-state index contributed by atoms with van der Waals surface area (Å²) in [6.45, 7) is 6.13. The van der Waals surface area contributed by atoms with Gasteiger partial charge in [-0.1, -0.05) is 18.9 Å². The number of carbonyl (C=O) groups is 1. The van der Waals surface area contributed by atoms with Gasteiger partial charge in [0, 0.05) is 37.1 Å². The molecule has 1 amide bonds. The molecular weight excluding hydrogens is 405 g/mol. The summed E-state index contributed by atoms with van der Waals surface area (Å²) in [5.41, 5.74) is 6.08. The SMILES string of the molecule is CN(CC(c1cccs1)N1CCOCC1)C(=O)C1CCCCC1(C)N.Cl.Cl. The number of amides is 1. The fourth-order valence-electron chi connectivity index (χ4n) is 4.13. The summed E-state index contributed by atoms with van der Waals surface area (Å²) in [7, 11) is 1.94. The second-order valence-electron chi connectivity index (χ2n) is 7.70. The lowest BCUT2D eigenvalue weighted by Crippen LogP contribution is -2.54. The van der Waals surface area contributed by atoms with Crippen LogP contribution >= 0.6 is 36.2 Å². The Morgan fingerprint density at radius 2 is 2.11 bits per heavy atom. The summed E-state index contributed by atoms with van der Waals surface area (Å²) in [5, 5.41) is 2.11. The Morgan fingerprint density at radius 1 is 1.41 bits per heavy atom. The fraction of sp³-hybridized carbons (Fsp3) is 0.737. The average molecular weight is 438 g/mol. The molecule has 27 heavy (non-hydrogen) atoms. The first-order valence-electron chi connectivity index (χ1n) is 9.38. The van der Waals surface area contributed by atoms with Crippen LogP contribution in [-0.2, 0) is 9.53 Å². The molecule has 1 saturated heterocycles. The Kier molecular flexibility index (Phi) is 10.0. The van der Waals surface area contributed by atoms with Crippen LogP contribution in [0.15, 0.2) is 17.5 Å². The molecule has 3 rings (SSSR count). The third kappa shape index (κ3) is 6.05. The molecule has 5 nitrogen and oxygen atoms in total. The molecule has 2 aliphatic rings. The van der Waals surface area contributed by atoms with Gasteiger partial charge in [0.25, 0.3) is 0 Å². The van der Waals surface area contributed by atoms with Crippen molar-refractivity contribution in [3.05, 3.63) is 22.4 Å². The van der Waals surface area contributed by atoms with Crippen LogP contribution in [0, 0.1) is 5.92 Å². The zero-order chi connectivity index (χ0) is 17.9. The van der Waals surface area contributed by atoms with Gasteiger partial charge in [0.2, 0.25) is 5.91 Å². The van der Waals surface area contributed by atoms with E-state index in [-0.39, 0.29) is 48.2 Å². The minimum atomic E-state index is -0.374. The van der Waals surface area contributed by atoms with Gasteiger partial charge in [-0.05, 0) is 31.2 Å². The molecule has 1 aliphatic carbocycles. The number of nitrogens with zero attached hydrogens (tertiary/aromatic N) is 2. The summed E-state index contributed by atoms with van der Waals surface area (Å²) in [5.74, 6) is 0.152. The van der Waals surface area contributed by atoms with Gasteiger partial charge in [0.15, 0.2) is 0 Å². The predicted octanol–water partition coefficient (Wildman–Crippen LogP) is 3.33. The number of thiophene rings is 1. The predicted molar refractivity (Wildman–Crippen MR) is 116 cm³/mol. The maximum absolute atomic E-state index is 13.1. The van der Waals surface area contributed by atoms with Gasteiger partial charge in [0.05, 0.1) is 25.2 Å². The van der Waals surface area contributed by atoms with E-state index in [0.717, 1.165) is 52.0 Å². The van der Waals surface area contributed by atoms with E-state index in [4.69, 9.17) is 10.5 Å². The normalized spacial score (nSPS) is 27.1. The zero-order valence-electron chi connectivity index (χ0n) is 16.3. The highest BCUT2D eigenvalue weighted by atomic mass is 35.5. The molecule has 0 radical (unpaired) electrons. The van der Waals surface area contributed by atoms with E-state index in [1.54, 1.807) is 11.3 Å². The van der Waals surface area contributed by atoms with Gasteiger partial charge < -0.3 is 15.4 Å². The molecule has 0 spiro atoms. The first-order valence-corrected chi connectivity index (χ1v) is 10.3. The molecule has 2 fully saturated rings. The molecule has 3 atom stereocenters. The molecular formula is C19H33Cl2N3O2S. The molecule has 3 unspecified atom stereocenters. The second kappa shape index (κ2) is 11.0. The number of likely N-dealkylation sites (N-methyl/N-ethyl adjacent to an activating group) is 1. The number of hydrogen-bond acceptors (Lipinski definition) is 5. The average Bonchev–Trinajstić information content (AvgIpc) is 3.13. The van der Waals surface area contributed by atoms with Gasteiger partial charge >= 0.3 is 0 Å². The van der Waals surface area contributed by atoms with Crippen LogP contribution in [0.25, 0.3) is 0 Å². The molecule has 0 aromatic carbocycles. The maximum Gasteiger partial charge on any atom is 0.227 e. The minimum Gasteiger partial charge on any atom is -0.379 e. The van der Waals surface area contributed by atoms with Crippen LogP contribution in [0.5, 0.6) is 0 Å². The lowest BCUT2D eigenvalue weighted by Gasteiger charge is -2.41. The Labute approximate surface area is 179 Å². The first kappa shape index (κ1) is 24.7. The van der Waals surface area contributed by atoms with Crippen molar-refractivity contribution in [3.63, 3.8) is 0 Å². The van der Waals surface area contributed by atoms with E-state index < -0.39 is 0 Å². The summed E-state index contributed by atoms with van der Waals surface area (Å²) in [6, 6.07) is 4.51. The van der Waals surface area contributed by atoms with E-state index in [2.05, 4.69) is 22.4 Å². The summed E-state index contributed by atoms with van der Waals surface area (Å²) >= 11 is 1.77. The number of carbonyl (C=O) groups excluding carboxylic acids is 1. The van der Waals surface area contributed by atoms with Gasteiger partial charge in [-0.2, -0.15) is 0 Å². The van der Waals surface area contributed by atoms with Crippen molar-refractivity contribution in [1.29, 1.82) is 0 Å². The summed E-state index contributed by atoms with van der Waals surface area (Å²) in [6.07, 6.45) is 4.09. The summed E-state index contributed by atoms with van der Waals surface area (Å²) < 4.78 is 5.51. The Balaban J connectivity index is 0.00000182. The lowest BCUT2D eigenvalue weighted by molar-refractivity contribution is -0.138. The monoisotopic (exact) mass is 437 g/mol. The molecule has 1 saturated carbocycles. The molecule has 1 aromatic rings. The number of nitrogens with two attached hydrogens (primary N) is 1. The van der Waals surface area contributed by atoms with Crippen molar-refractivity contribution in [1.82, 2.24) is 9.80 Å². The molecule has 1 aliphatic heterocycles. The van der Waals surface area contributed by atoms with Gasteiger partial charge in [0.1, 0.15) is 0 Å². The quantitative estimate of drug-likeness (QED) is 0.766. The van der Waals surface area contributed by atoms with Crippen molar-refractivity contribution in [2.45, 2.75) is 44.2 Å². The van der Waals surface area contributed by atoms with E-state index in [0.29, 0.717) is 6.54 Å². The van der Waals surface area contributed by atoms with Gasteiger partial charge in [-0.3, -0.25) is 9.69 Å². The van der Waals surface area contributed by atoms with Crippen LogP contribution in [0.2, 0.25) is 0 Å². The minimum absolute atomic E-state index is 0. The second-order valence-corrected chi connectivity index (χ2v) is 8.68. The standard InChI is InChI=1S/C19H31N3O2S.2ClH/c1-19(20)8-4-3-6-15(19)18(23)21(2)14-16(17-7-5-13-25-17)22-9-11-24-12-10-22;;/h5,7,13,15-16H,3-4,6,8-12,14,20H2,1-2H3;2*1H. The molecule has 2 N–H and O–H groups in total. The van der Waals surface area contributed by atoms with Crippen LogP contribution < -0.4 is 5.73 Å². The van der Waals surface area contributed by atoms with Crippen molar-refractivity contribution < 1.29 is 9.53 Å². The Hall–Kier alpha value is -0.370. The molecule has 156 valence electrons. The fourth-order valence-corrected chi connectivity index (χ4v) is 4.99. The van der Waals surface area contributed by atoms with Crippen LogP contribution in [0.3, 0.4) is 0 Å². The van der Waals surface area contributed by atoms with Crippen molar-refractivity contribution in [3.8, 4) is 0 Å². The molecule has 0 bridgehead atoms. The number of rotatable bonds is 5. The van der Waals surface area contributed by atoms with Gasteiger partial charge in [-0.15, -0.1) is 36.2 Å². The Morgan fingerprint density at radius 3 is 2.70 bits per heavy atom. The van der Waals surface area contributed by atoms with Crippen molar-refractivity contribution in [2.75, 3.05) is 39.9 Å². The van der Waals surface area contributed by atoms with E-state index in [9.17, 15) is 4.79 Å². The number of ether oxygens (including phenoxy) is 1. The highest BCUT2D eigenvalue weighted by Gasteiger charge is 2.39. The molecule has 1 aromatic heterocycles. The number of morpholine rings is 1.